The average molecular weight is 433 g/mol. The number of nitrogens with zero attached hydrogens (tertiary/aromatic N) is 1. The van der Waals surface area contributed by atoms with Crippen molar-refractivity contribution in [3.8, 4) is 5.75 Å². The maximum Gasteiger partial charge on any atom is 0.300 e. The van der Waals surface area contributed by atoms with Gasteiger partial charge in [0.25, 0.3) is 11.7 Å². The molecular formula is C25H21ClN2O3. The first-order chi connectivity index (χ1) is 14.8. The van der Waals surface area contributed by atoms with Crippen LogP contribution in [0.1, 0.15) is 24.1 Å². The number of carbonyl (C=O) groups is 2. The predicted molar refractivity (Wildman–Crippen MR) is 122 cm³/mol. The Hall–Kier alpha value is -3.57. The molecule has 1 amide bonds. The highest BCUT2D eigenvalue weighted by molar-refractivity contribution is 6.51. The third kappa shape index (κ3) is 4.05. The smallest absolute Gasteiger partial charge is 0.300 e. The van der Waals surface area contributed by atoms with Crippen molar-refractivity contribution in [3.05, 3.63) is 100 Å². The lowest BCUT2D eigenvalue weighted by Gasteiger charge is -2.26. The monoisotopic (exact) mass is 432 g/mol. The maximum absolute atomic E-state index is 13.1. The van der Waals surface area contributed by atoms with E-state index in [4.69, 9.17) is 11.6 Å². The van der Waals surface area contributed by atoms with Gasteiger partial charge in [0.1, 0.15) is 5.75 Å². The number of hydrogen-bond acceptors (Lipinski definition) is 4. The van der Waals surface area contributed by atoms with Crippen molar-refractivity contribution in [2.45, 2.75) is 19.9 Å². The molecule has 1 heterocycles. The molecule has 1 aliphatic rings. The lowest BCUT2D eigenvalue weighted by atomic mass is 9.96. The first-order valence-electron chi connectivity index (χ1n) is 9.82. The molecule has 2 N–H and O–H groups in total. The highest BCUT2D eigenvalue weighted by atomic mass is 35.5. The molecule has 0 radical (unpaired) electrons. The van der Waals surface area contributed by atoms with E-state index in [-0.39, 0.29) is 5.75 Å². The number of rotatable bonds is 4. The highest BCUT2D eigenvalue weighted by Crippen LogP contribution is 2.41. The third-order valence-corrected chi connectivity index (χ3v) is 5.54. The number of allylic oxidation sites excluding steroid dienone is 1. The van der Waals surface area contributed by atoms with Crippen molar-refractivity contribution in [2.24, 2.45) is 0 Å². The van der Waals surface area contributed by atoms with Crippen molar-refractivity contribution in [1.82, 2.24) is 0 Å². The molecule has 4 rings (SSSR count). The SMILES string of the molecule is CC(Nc1ccc(C)cc1)=C1C(=O)C(=O)N(c2ccc(O)cc2)C1c1ccc(Cl)cc1. The summed E-state index contributed by atoms with van der Waals surface area (Å²) in [5.41, 5.74) is 4.21. The normalized spacial score (nSPS) is 17.8. The molecule has 1 atom stereocenters. The molecule has 6 heteroatoms. The fraction of sp³-hybridized carbons (Fsp3) is 0.120. The van der Waals surface area contributed by atoms with Gasteiger partial charge in [-0.3, -0.25) is 14.5 Å². The van der Waals surface area contributed by atoms with E-state index >= 15 is 0 Å². The van der Waals surface area contributed by atoms with E-state index in [2.05, 4.69) is 5.32 Å². The van der Waals surface area contributed by atoms with Crippen LogP contribution in [-0.4, -0.2) is 16.8 Å². The lowest BCUT2D eigenvalue weighted by Crippen LogP contribution is -2.29. The van der Waals surface area contributed by atoms with Crippen LogP contribution in [0.4, 0.5) is 11.4 Å². The zero-order valence-electron chi connectivity index (χ0n) is 17.1. The first-order valence-corrected chi connectivity index (χ1v) is 10.2. The molecule has 0 aromatic heterocycles. The predicted octanol–water partition coefficient (Wildman–Crippen LogP) is 5.40. The number of anilines is 2. The van der Waals surface area contributed by atoms with Gasteiger partial charge in [-0.1, -0.05) is 41.4 Å². The molecule has 1 fully saturated rings. The number of aromatic hydroxyl groups is 1. The molecule has 0 saturated carbocycles. The van der Waals surface area contributed by atoms with E-state index in [0.29, 0.717) is 22.0 Å². The van der Waals surface area contributed by atoms with Crippen LogP contribution in [0.15, 0.2) is 84.1 Å². The van der Waals surface area contributed by atoms with E-state index in [1.807, 2.05) is 43.3 Å². The molecule has 1 aliphatic heterocycles. The minimum Gasteiger partial charge on any atom is -0.508 e. The number of nitrogens with one attached hydrogen (secondary N) is 1. The molecular weight excluding hydrogens is 412 g/mol. The Morgan fingerprint density at radius 3 is 2.16 bits per heavy atom. The molecule has 5 nitrogen and oxygen atoms in total. The van der Waals surface area contributed by atoms with Gasteiger partial charge in [0.05, 0.1) is 11.6 Å². The standard InChI is InChI=1S/C25H21ClN2O3/c1-15-3-9-19(10-4-15)27-16(2)22-23(17-5-7-18(26)8-6-17)28(25(31)24(22)30)20-11-13-21(29)14-12-20/h3-14,23,27,29H,1-2H3. The summed E-state index contributed by atoms with van der Waals surface area (Å²) in [4.78, 5) is 27.7. The van der Waals surface area contributed by atoms with Crippen molar-refractivity contribution < 1.29 is 14.7 Å². The van der Waals surface area contributed by atoms with Crippen LogP contribution in [0.3, 0.4) is 0 Å². The van der Waals surface area contributed by atoms with Crippen LogP contribution in [0, 0.1) is 6.92 Å². The number of carbonyl (C=O) groups excluding carboxylic acids is 2. The number of ketones is 1. The summed E-state index contributed by atoms with van der Waals surface area (Å²) in [7, 11) is 0. The van der Waals surface area contributed by atoms with E-state index in [9.17, 15) is 14.7 Å². The van der Waals surface area contributed by atoms with Crippen LogP contribution in [-0.2, 0) is 9.59 Å². The zero-order chi connectivity index (χ0) is 22.1. The van der Waals surface area contributed by atoms with E-state index in [1.54, 1.807) is 31.2 Å². The molecule has 156 valence electrons. The van der Waals surface area contributed by atoms with Gasteiger partial charge >= 0.3 is 0 Å². The summed E-state index contributed by atoms with van der Waals surface area (Å²) < 4.78 is 0. The maximum atomic E-state index is 13.1. The number of aryl methyl sites for hydroxylation is 1. The minimum atomic E-state index is -0.625. The molecule has 3 aromatic carbocycles. The Bertz CT molecular complexity index is 1170. The van der Waals surface area contributed by atoms with Crippen LogP contribution >= 0.6 is 11.6 Å². The zero-order valence-corrected chi connectivity index (χ0v) is 17.9. The molecule has 31 heavy (non-hydrogen) atoms. The highest BCUT2D eigenvalue weighted by Gasteiger charge is 2.45. The third-order valence-electron chi connectivity index (χ3n) is 5.29. The Kier molecular flexibility index (Phi) is 5.53. The minimum absolute atomic E-state index is 0.0812. The van der Waals surface area contributed by atoms with Crippen molar-refractivity contribution >= 4 is 34.7 Å². The van der Waals surface area contributed by atoms with E-state index in [1.165, 1.54) is 17.0 Å². The summed E-state index contributed by atoms with van der Waals surface area (Å²) in [5.74, 6) is -1.10. The Balaban J connectivity index is 1.84. The van der Waals surface area contributed by atoms with E-state index in [0.717, 1.165) is 16.8 Å². The van der Waals surface area contributed by atoms with Crippen molar-refractivity contribution in [3.63, 3.8) is 0 Å². The summed E-state index contributed by atoms with van der Waals surface area (Å²) in [6.07, 6.45) is 0. The summed E-state index contributed by atoms with van der Waals surface area (Å²) >= 11 is 6.07. The molecule has 1 unspecified atom stereocenters. The Morgan fingerprint density at radius 1 is 0.935 bits per heavy atom. The number of phenols is 1. The van der Waals surface area contributed by atoms with Crippen molar-refractivity contribution in [1.29, 1.82) is 0 Å². The lowest BCUT2D eigenvalue weighted by molar-refractivity contribution is -0.132. The van der Waals surface area contributed by atoms with Gasteiger partial charge in [-0.25, -0.2) is 0 Å². The van der Waals surface area contributed by atoms with Crippen LogP contribution in [0.5, 0.6) is 5.75 Å². The molecule has 0 spiro atoms. The van der Waals surface area contributed by atoms with Gasteiger partial charge < -0.3 is 10.4 Å². The number of halogens is 1. The van der Waals surface area contributed by atoms with E-state index < -0.39 is 17.7 Å². The average Bonchev–Trinajstić information content (AvgIpc) is 3.02. The second-order valence-electron chi connectivity index (χ2n) is 7.50. The van der Waals surface area contributed by atoms with Crippen molar-refractivity contribution in [2.75, 3.05) is 10.2 Å². The van der Waals surface area contributed by atoms with Crippen LogP contribution in [0.2, 0.25) is 5.02 Å². The van der Waals surface area contributed by atoms with Crippen LogP contribution < -0.4 is 10.2 Å². The van der Waals surface area contributed by atoms with Gasteiger partial charge in [-0.15, -0.1) is 0 Å². The molecule has 3 aromatic rings. The quantitative estimate of drug-likeness (QED) is 0.428. The van der Waals surface area contributed by atoms with Crippen LogP contribution in [0.25, 0.3) is 0 Å². The van der Waals surface area contributed by atoms with Gasteiger partial charge in [-0.2, -0.15) is 0 Å². The van der Waals surface area contributed by atoms with Gasteiger partial charge in [0.2, 0.25) is 0 Å². The Morgan fingerprint density at radius 2 is 1.55 bits per heavy atom. The number of amides is 1. The fourth-order valence-corrected chi connectivity index (χ4v) is 3.86. The summed E-state index contributed by atoms with van der Waals surface area (Å²) in [6, 6.07) is 20.5. The second kappa shape index (κ2) is 8.28. The first kappa shape index (κ1) is 20.7. The number of benzene rings is 3. The molecule has 1 saturated heterocycles. The summed E-state index contributed by atoms with van der Waals surface area (Å²) in [6.45, 7) is 3.80. The number of phenolic OH excluding ortho intramolecular Hbond substituents is 1. The number of Topliss-reactive ketones (excluding diaryl/α,β-unsaturated/α-hetero) is 1. The molecule has 0 aliphatic carbocycles. The molecule has 0 bridgehead atoms. The second-order valence-corrected chi connectivity index (χ2v) is 7.94. The van der Waals surface area contributed by atoms with Gasteiger partial charge in [0.15, 0.2) is 0 Å². The topological polar surface area (TPSA) is 69.6 Å². The largest absolute Gasteiger partial charge is 0.508 e. The Labute approximate surface area is 185 Å². The fourth-order valence-electron chi connectivity index (χ4n) is 3.73. The number of hydrogen-bond donors (Lipinski definition) is 2. The van der Waals surface area contributed by atoms with Gasteiger partial charge in [-0.05, 0) is 67.9 Å². The summed E-state index contributed by atoms with van der Waals surface area (Å²) in [5, 5.41) is 13.5. The van der Waals surface area contributed by atoms with Gasteiger partial charge in [0, 0.05) is 22.1 Å².